The molecule has 2 aliphatic rings. The van der Waals surface area contributed by atoms with Crippen molar-refractivity contribution in [1.82, 2.24) is 14.5 Å². The Labute approximate surface area is 273 Å². The lowest BCUT2D eigenvalue weighted by molar-refractivity contribution is 0.666. The van der Waals surface area contributed by atoms with E-state index in [1.54, 1.807) is 0 Å². The predicted octanol–water partition coefficient (Wildman–Crippen LogP) is 10.9. The summed E-state index contributed by atoms with van der Waals surface area (Å²) in [5, 5.41) is 5.18. The van der Waals surface area contributed by atoms with Crippen molar-refractivity contribution < 1.29 is 0 Å². The molecule has 222 valence electrons. The maximum Gasteiger partial charge on any atom is 0.235 e. The average molecular weight is 602 g/mol. The number of aromatic nitrogens is 3. The van der Waals surface area contributed by atoms with Crippen molar-refractivity contribution >= 4 is 38.7 Å². The van der Waals surface area contributed by atoms with E-state index in [0.717, 1.165) is 34.5 Å². The fraction of sp³-hybridized carbons (Fsp3) is 0.0909. The fourth-order valence-corrected chi connectivity index (χ4v) is 8.35. The highest BCUT2D eigenvalue weighted by Crippen LogP contribution is 2.54. The van der Waals surface area contributed by atoms with Gasteiger partial charge in [-0.1, -0.05) is 129 Å². The molecule has 8 aromatic rings. The average Bonchev–Trinajstić information content (AvgIpc) is 3.58. The number of hydrogen-bond acceptors (Lipinski definition) is 2. The Morgan fingerprint density at radius 2 is 1.28 bits per heavy atom. The molecule has 3 heteroatoms. The summed E-state index contributed by atoms with van der Waals surface area (Å²) < 4.78 is 2.33. The molecule has 47 heavy (non-hydrogen) atoms. The number of rotatable bonds is 3. The van der Waals surface area contributed by atoms with E-state index in [2.05, 4.69) is 146 Å². The summed E-state index contributed by atoms with van der Waals surface area (Å²) in [6.07, 6.45) is 5.50. The number of para-hydroxylation sites is 1. The molecule has 0 spiro atoms. The van der Waals surface area contributed by atoms with Gasteiger partial charge in [-0.2, -0.15) is 0 Å². The highest BCUT2D eigenvalue weighted by molar-refractivity contribution is 6.19. The van der Waals surface area contributed by atoms with Crippen LogP contribution in [0.2, 0.25) is 0 Å². The van der Waals surface area contributed by atoms with Crippen LogP contribution in [-0.2, 0) is 11.8 Å². The molecule has 10 rings (SSSR count). The predicted molar refractivity (Wildman–Crippen MR) is 195 cm³/mol. The first-order valence-electron chi connectivity index (χ1n) is 16.4. The molecule has 0 amide bonds. The normalized spacial score (nSPS) is 14.2. The largest absolute Gasteiger partial charge is 0.278 e. The van der Waals surface area contributed by atoms with Gasteiger partial charge >= 0.3 is 0 Å². The van der Waals surface area contributed by atoms with Crippen molar-refractivity contribution in [2.75, 3.05) is 0 Å². The molecule has 0 radical (unpaired) electrons. The minimum absolute atomic E-state index is 0.105. The van der Waals surface area contributed by atoms with Crippen molar-refractivity contribution in [2.45, 2.75) is 25.7 Å². The number of hydrogen-bond donors (Lipinski definition) is 0. The van der Waals surface area contributed by atoms with Gasteiger partial charge < -0.3 is 0 Å². The highest BCUT2D eigenvalue weighted by atomic mass is 15.2. The highest BCUT2D eigenvalue weighted by Gasteiger charge is 2.38. The standard InChI is InChI=1S/C44H31N3/c1-44(2)36-22-11-9-19-30(36)33-24-29-18-13-21-32-40(29)35(41(33)44)25-34-31-20-10-12-23-39(31)47(42(32)34)43-45-37(27-14-5-3-6-15-27)26-38(46-43)28-16-7-4-8-17-28/h3-20,22-26H,21H2,1-2H3. The van der Waals surface area contributed by atoms with Gasteiger partial charge in [-0.25, -0.2) is 9.97 Å². The molecule has 2 heterocycles. The van der Waals surface area contributed by atoms with Gasteiger partial charge in [0.25, 0.3) is 0 Å². The van der Waals surface area contributed by atoms with E-state index in [-0.39, 0.29) is 5.41 Å². The summed E-state index contributed by atoms with van der Waals surface area (Å²) in [5.74, 6) is 0.692. The minimum Gasteiger partial charge on any atom is -0.278 e. The maximum atomic E-state index is 5.31. The Kier molecular flexibility index (Phi) is 5.40. The van der Waals surface area contributed by atoms with Gasteiger partial charge in [0, 0.05) is 27.3 Å². The van der Waals surface area contributed by atoms with Gasteiger partial charge in [-0.15, -0.1) is 0 Å². The smallest absolute Gasteiger partial charge is 0.235 e. The molecule has 2 aromatic heterocycles. The van der Waals surface area contributed by atoms with E-state index in [9.17, 15) is 0 Å². The van der Waals surface area contributed by atoms with Crippen LogP contribution in [0.1, 0.15) is 36.1 Å². The summed E-state index contributed by atoms with van der Waals surface area (Å²) in [5.41, 5.74) is 14.4. The van der Waals surface area contributed by atoms with Crippen molar-refractivity contribution in [3.8, 4) is 39.6 Å². The molecule has 0 saturated carbocycles. The molecule has 0 atom stereocenters. The first-order chi connectivity index (χ1) is 23.1. The molecule has 0 saturated heterocycles. The van der Waals surface area contributed by atoms with Crippen LogP contribution in [0.4, 0.5) is 0 Å². The molecule has 0 unspecified atom stereocenters. The van der Waals surface area contributed by atoms with E-state index >= 15 is 0 Å². The molecule has 3 nitrogen and oxygen atoms in total. The molecule has 0 fully saturated rings. The van der Waals surface area contributed by atoms with E-state index < -0.39 is 0 Å². The van der Waals surface area contributed by atoms with Crippen molar-refractivity contribution in [3.05, 3.63) is 156 Å². The van der Waals surface area contributed by atoms with Crippen molar-refractivity contribution in [1.29, 1.82) is 0 Å². The zero-order chi connectivity index (χ0) is 31.3. The van der Waals surface area contributed by atoms with E-state index in [0.29, 0.717) is 5.95 Å². The topological polar surface area (TPSA) is 30.7 Å². The van der Waals surface area contributed by atoms with Gasteiger partial charge in [0.05, 0.1) is 22.4 Å². The Hall–Kier alpha value is -5.80. The first-order valence-corrected chi connectivity index (χ1v) is 16.4. The van der Waals surface area contributed by atoms with E-state index in [4.69, 9.17) is 9.97 Å². The molecule has 0 bridgehead atoms. The quantitative estimate of drug-likeness (QED) is 0.202. The lowest BCUT2D eigenvalue weighted by Gasteiger charge is -2.26. The van der Waals surface area contributed by atoms with Crippen LogP contribution in [0.5, 0.6) is 0 Å². The lowest BCUT2D eigenvalue weighted by Crippen LogP contribution is -2.16. The van der Waals surface area contributed by atoms with Crippen LogP contribution in [0.3, 0.4) is 0 Å². The maximum absolute atomic E-state index is 5.31. The number of nitrogens with zero attached hydrogens (tertiary/aromatic N) is 3. The number of benzene rings is 6. The molecular formula is C44H31N3. The van der Waals surface area contributed by atoms with E-state index in [1.807, 2.05) is 12.1 Å². The minimum atomic E-state index is -0.105. The van der Waals surface area contributed by atoms with Crippen LogP contribution < -0.4 is 0 Å². The Morgan fingerprint density at radius 3 is 2.02 bits per heavy atom. The van der Waals surface area contributed by atoms with Crippen LogP contribution in [-0.4, -0.2) is 14.5 Å². The van der Waals surface area contributed by atoms with Gasteiger partial charge in [0.1, 0.15) is 0 Å². The molecule has 6 aromatic carbocycles. The summed E-state index contributed by atoms with van der Waals surface area (Å²) in [6, 6.07) is 45.6. The zero-order valence-corrected chi connectivity index (χ0v) is 26.3. The summed E-state index contributed by atoms with van der Waals surface area (Å²) >= 11 is 0. The van der Waals surface area contributed by atoms with Crippen molar-refractivity contribution in [2.24, 2.45) is 0 Å². The summed E-state index contributed by atoms with van der Waals surface area (Å²) in [7, 11) is 0. The first kappa shape index (κ1) is 26.4. The van der Waals surface area contributed by atoms with Crippen LogP contribution in [0.15, 0.2) is 133 Å². The van der Waals surface area contributed by atoms with Crippen LogP contribution >= 0.6 is 0 Å². The second-order valence-electron chi connectivity index (χ2n) is 13.4. The van der Waals surface area contributed by atoms with Gasteiger partial charge in [0.2, 0.25) is 5.95 Å². The SMILES string of the molecule is CC1(C)c2ccccc2-c2cc3c4c(c5c(cc4c21)c1ccccc1n5-c1nc(-c2ccccc2)cc(-c2ccccc2)n1)CC=C3. The Balaban J connectivity index is 1.35. The third kappa shape index (κ3) is 3.68. The van der Waals surface area contributed by atoms with E-state index in [1.165, 1.54) is 60.4 Å². The second-order valence-corrected chi connectivity index (χ2v) is 13.4. The molecule has 0 aliphatic heterocycles. The molecular weight excluding hydrogens is 571 g/mol. The Morgan fingerprint density at radius 1 is 0.617 bits per heavy atom. The number of allylic oxidation sites excluding steroid dienone is 1. The molecule has 2 aliphatic carbocycles. The Bertz CT molecular complexity index is 2550. The monoisotopic (exact) mass is 601 g/mol. The summed E-state index contributed by atoms with van der Waals surface area (Å²) in [4.78, 5) is 10.6. The molecule has 0 N–H and O–H groups in total. The lowest BCUT2D eigenvalue weighted by atomic mass is 9.78. The third-order valence-electron chi connectivity index (χ3n) is 10.4. The second kappa shape index (κ2) is 9.60. The number of fused-ring (bicyclic) bond motifs is 8. The zero-order valence-electron chi connectivity index (χ0n) is 26.3. The fourth-order valence-electron chi connectivity index (χ4n) is 8.35. The van der Waals surface area contributed by atoms with Gasteiger partial charge in [-0.3, -0.25) is 4.57 Å². The van der Waals surface area contributed by atoms with Crippen LogP contribution in [0.25, 0.3) is 78.2 Å². The van der Waals surface area contributed by atoms with Crippen molar-refractivity contribution in [3.63, 3.8) is 0 Å². The van der Waals surface area contributed by atoms with Gasteiger partial charge in [0.15, 0.2) is 0 Å². The van der Waals surface area contributed by atoms with Gasteiger partial charge in [-0.05, 0) is 74.8 Å². The third-order valence-corrected chi connectivity index (χ3v) is 10.4. The summed E-state index contributed by atoms with van der Waals surface area (Å²) in [6.45, 7) is 4.78. The van der Waals surface area contributed by atoms with Crippen LogP contribution in [0, 0.1) is 0 Å².